The molecule has 1 aromatic carbocycles. The lowest BCUT2D eigenvalue weighted by molar-refractivity contribution is 0.507. The lowest BCUT2D eigenvalue weighted by atomic mass is 9.90. The Morgan fingerprint density at radius 2 is 1.96 bits per heavy atom. The van der Waals surface area contributed by atoms with Gasteiger partial charge < -0.3 is 5.11 Å². The van der Waals surface area contributed by atoms with Gasteiger partial charge in [0.15, 0.2) is 5.76 Å². The Morgan fingerprint density at radius 1 is 1.27 bits per heavy atom. The number of aromatic amines is 1. The second-order valence-corrected chi connectivity index (χ2v) is 6.28. The van der Waals surface area contributed by atoms with Crippen molar-refractivity contribution in [2.45, 2.75) is 26.2 Å². The molecule has 0 atom stereocenters. The Morgan fingerprint density at radius 3 is 2.54 bits per heavy atom. The van der Waals surface area contributed by atoms with Crippen LogP contribution in [0.1, 0.15) is 37.6 Å². The molecule has 0 aliphatic carbocycles. The fourth-order valence-corrected chi connectivity index (χ4v) is 2.15. The highest BCUT2D eigenvalue weighted by Crippen LogP contribution is 2.30. The molecule has 1 heterocycles. The molecule has 0 unspecified atom stereocenters. The van der Waals surface area contributed by atoms with E-state index in [1.165, 1.54) is 12.1 Å². The first kappa shape index (κ1) is 18.5. The third-order valence-corrected chi connectivity index (χ3v) is 3.44. The third kappa shape index (κ3) is 3.62. The number of aliphatic hydroxyl groups excluding tert-OH is 1. The molecule has 9 nitrogen and oxygen atoms in total. The van der Waals surface area contributed by atoms with Gasteiger partial charge in [0, 0.05) is 11.0 Å². The third-order valence-electron chi connectivity index (χ3n) is 3.44. The quantitative estimate of drug-likeness (QED) is 0.360. The molecule has 1 aromatic heterocycles. The number of nitrogens with zero attached hydrogens (tertiary/aromatic N) is 6. The maximum Gasteiger partial charge on any atom is 0.213 e. The molecule has 0 aliphatic rings. The van der Waals surface area contributed by atoms with E-state index < -0.39 is 11.5 Å². The van der Waals surface area contributed by atoms with Crippen LogP contribution < -0.4 is 0 Å². The summed E-state index contributed by atoms with van der Waals surface area (Å²) >= 11 is 0. The average Bonchev–Trinajstić information content (AvgIpc) is 3.05. The van der Waals surface area contributed by atoms with Gasteiger partial charge >= 0.3 is 0 Å². The zero-order valence-electron chi connectivity index (χ0n) is 14.3. The molecule has 2 rings (SSSR count). The summed E-state index contributed by atoms with van der Waals surface area (Å²) < 4.78 is 0. The van der Waals surface area contributed by atoms with Crippen molar-refractivity contribution in [2.24, 2.45) is 15.4 Å². The molecule has 0 saturated carbocycles. The second kappa shape index (κ2) is 7.36. The van der Waals surface area contributed by atoms with E-state index in [1.54, 1.807) is 18.2 Å². The van der Waals surface area contributed by atoms with Crippen molar-refractivity contribution < 1.29 is 5.11 Å². The van der Waals surface area contributed by atoms with E-state index in [1.807, 2.05) is 26.8 Å². The number of rotatable bonds is 4. The van der Waals surface area contributed by atoms with Crippen LogP contribution in [0.5, 0.6) is 0 Å². The predicted molar refractivity (Wildman–Crippen MR) is 93.6 cm³/mol. The van der Waals surface area contributed by atoms with Gasteiger partial charge in [-0.25, -0.2) is 0 Å². The molecule has 0 saturated heterocycles. The van der Waals surface area contributed by atoms with Crippen LogP contribution in [0.25, 0.3) is 5.76 Å². The average molecular weight is 349 g/mol. The molecule has 0 radical (unpaired) electrons. The summed E-state index contributed by atoms with van der Waals surface area (Å²) in [4.78, 5) is 10.8. The van der Waals surface area contributed by atoms with Crippen LogP contribution in [-0.2, 0) is 5.41 Å². The Bertz CT molecular complexity index is 982. The smallest absolute Gasteiger partial charge is 0.213 e. The van der Waals surface area contributed by atoms with Crippen molar-refractivity contribution in [3.8, 4) is 12.1 Å². The maximum absolute atomic E-state index is 10.8. The largest absolute Gasteiger partial charge is 0.504 e. The van der Waals surface area contributed by atoms with Crippen molar-refractivity contribution >= 4 is 17.3 Å². The minimum absolute atomic E-state index is 0.000211. The molecule has 2 aromatic rings. The summed E-state index contributed by atoms with van der Waals surface area (Å²) in [6, 6.07) is 9.66. The lowest BCUT2D eigenvalue weighted by Gasteiger charge is -2.15. The molecule has 0 amide bonds. The molecule has 0 bridgehead atoms. The first-order chi connectivity index (χ1) is 12.3. The Labute approximate surface area is 149 Å². The van der Waals surface area contributed by atoms with E-state index in [2.05, 4.69) is 25.6 Å². The number of allylic oxidation sites excluding steroid dienone is 1. The maximum atomic E-state index is 10.8. The van der Waals surface area contributed by atoms with E-state index in [0.29, 0.717) is 5.69 Å². The van der Waals surface area contributed by atoms with Gasteiger partial charge in [-0.05, 0) is 17.3 Å². The number of hydrogen-bond donors (Lipinski definition) is 2. The summed E-state index contributed by atoms with van der Waals surface area (Å²) in [6.07, 6.45) is 0. The van der Waals surface area contributed by atoms with Crippen molar-refractivity contribution in [3.63, 3.8) is 0 Å². The van der Waals surface area contributed by atoms with Gasteiger partial charge in [-0.3, -0.25) is 5.10 Å². The summed E-state index contributed by atoms with van der Waals surface area (Å²) in [7, 11) is 0. The van der Waals surface area contributed by atoms with Gasteiger partial charge in [-0.15, -0.1) is 15.1 Å². The van der Waals surface area contributed by atoms with E-state index >= 15 is 0 Å². The van der Waals surface area contributed by atoms with Crippen LogP contribution in [0.2, 0.25) is 0 Å². The van der Waals surface area contributed by atoms with Crippen LogP contribution >= 0.6 is 0 Å². The Kier molecular flexibility index (Phi) is 5.24. The standard InChI is InChI=1S/C17H15N7O2/c1-17(2,3)15-11(8-18)16(23-21-15)22-20-13(9-19)14(25)10-6-4-5-7-12(10)24-26/h4-7,25H,1-3H3,(H,21,23)/b14-13-,22-20+. The molecule has 2 N–H and O–H groups in total. The van der Waals surface area contributed by atoms with Crippen molar-refractivity contribution in [1.82, 2.24) is 10.2 Å². The van der Waals surface area contributed by atoms with E-state index in [0.717, 1.165) is 0 Å². The number of nitrogens with one attached hydrogen (secondary N) is 1. The first-order valence-electron chi connectivity index (χ1n) is 7.50. The van der Waals surface area contributed by atoms with Crippen LogP contribution in [0.4, 0.5) is 11.5 Å². The van der Waals surface area contributed by atoms with Gasteiger partial charge in [-0.1, -0.05) is 32.9 Å². The monoisotopic (exact) mass is 349 g/mol. The fourth-order valence-electron chi connectivity index (χ4n) is 2.15. The fraction of sp³-hybridized carbons (Fsp3) is 0.235. The number of hydrogen-bond acceptors (Lipinski definition) is 8. The minimum atomic E-state index is -0.545. The zero-order valence-corrected chi connectivity index (χ0v) is 14.3. The second-order valence-electron chi connectivity index (χ2n) is 6.28. The molecule has 9 heteroatoms. The van der Waals surface area contributed by atoms with Gasteiger partial charge in [-0.2, -0.15) is 15.6 Å². The van der Waals surface area contributed by atoms with E-state index in [4.69, 9.17) is 0 Å². The zero-order chi connectivity index (χ0) is 19.3. The molecule has 26 heavy (non-hydrogen) atoms. The number of aromatic nitrogens is 2. The van der Waals surface area contributed by atoms with E-state index in [-0.39, 0.29) is 28.0 Å². The van der Waals surface area contributed by atoms with Gasteiger partial charge in [0.2, 0.25) is 11.5 Å². The van der Waals surface area contributed by atoms with Crippen LogP contribution in [0, 0.1) is 27.6 Å². The van der Waals surface area contributed by atoms with Gasteiger partial charge in [0.05, 0.1) is 5.69 Å². The first-order valence-corrected chi connectivity index (χ1v) is 7.50. The minimum Gasteiger partial charge on any atom is -0.504 e. The molecular weight excluding hydrogens is 334 g/mol. The number of benzene rings is 1. The number of nitroso groups, excluding NO2 is 1. The summed E-state index contributed by atoms with van der Waals surface area (Å²) in [5, 5.41) is 45.8. The highest BCUT2D eigenvalue weighted by atomic mass is 16.3. The molecular formula is C17H15N7O2. The summed E-state index contributed by atoms with van der Waals surface area (Å²) in [5.74, 6) is -0.545. The van der Waals surface area contributed by atoms with Gasteiger partial charge in [0.25, 0.3) is 0 Å². The molecule has 0 aliphatic heterocycles. The van der Waals surface area contributed by atoms with E-state index in [9.17, 15) is 20.5 Å². The Balaban J connectivity index is 2.49. The molecule has 0 spiro atoms. The van der Waals surface area contributed by atoms with Gasteiger partial charge in [0.1, 0.15) is 23.4 Å². The van der Waals surface area contributed by atoms with Crippen molar-refractivity contribution in [2.75, 3.05) is 0 Å². The lowest BCUT2D eigenvalue weighted by Crippen LogP contribution is -2.13. The van der Waals surface area contributed by atoms with Crippen LogP contribution in [0.3, 0.4) is 0 Å². The number of nitriles is 2. The van der Waals surface area contributed by atoms with Crippen molar-refractivity contribution in [1.29, 1.82) is 10.5 Å². The molecule has 130 valence electrons. The predicted octanol–water partition coefficient (Wildman–Crippen LogP) is 4.51. The number of H-pyrrole nitrogens is 1. The van der Waals surface area contributed by atoms with Crippen LogP contribution in [-0.4, -0.2) is 15.3 Å². The SMILES string of the molecule is CC(C)(C)c1[nH]nc(/N=N/C(C#N)=C(\O)c2ccccc2N=O)c1C#N. The van der Waals surface area contributed by atoms with Crippen LogP contribution in [0.15, 0.2) is 45.4 Å². The normalized spacial score (nSPS) is 12.3. The number of azo groups is 1. The molecule has 0 fully saturated rings. The highest BCUT2D eigenvalue weighted by Gasteiger charge is 2.24. The highest BCUT2D eigenvalue weighted by molar-refractivity contribution is 5.73. The summed E-state index contributed by atoms with van der Waals surface area (Å²) in [6.45, 7) is 5.70. The Hall–Kier alpha value is -3.85. The number of aliphatic hydroxyl groups is 1. The topological polar surface area (TPSA) is 151 Å². The summed E-state index contributed by atoms with van der Waals surface area (Å²) in [5.41, 5.74) is -0.0120. The van der Waals surface area contributed by atoms with Crippen molar-refractivity contribution in [3.05, 3.63) is 51.7 Å².